The standard InChI is InChI=1S/C11H15NO.CH3I/c1-2-4-11(5-3-1)13-9-10-6-7-12-8-10;1-2/h1-5,10,12H,6-9H2;1H3. The van der Waals surface area contributed by atoms with Crippen molar-refractivity contribution in [2.75, 3.05) is 24.6 Å². The highest BCUT2D eigenvalue weighted by Crippen LogP contribution is 2.13. The van der Waals surface area contributed by atoms with Crippen LogP contribution in [0.15, 0.2) is 30.3 Å². The van der Waals surface area contributed by atoms with Crippen LogP contribution in [0.5, 0.6) is 5.75 Å². The van der Waals surface area contributed by atoms with Gasteiger partial charge >= 0.3 is 0 Å². The first kappa shape index (κ1) is 12.8. The van der Waals surface area contributed by atoms with Crippen molar-refractivity contribution < 1.29 is 4.74 Å². The average Bonchev–Trinajstić information content (AvgIpc) is 2.83. The van der Waals surface area contributed by atoms with Crippen LogP contribution in [0.25, 0.3) is 0 Å². The summed E-state index contributed by atoms with van der Waals surface area (Å²) >= 11 is 2.15. The molecule has 0 saturated carbocycles. The predicted octanol–water partition coefficient (Wildman–Crippen LogP) is 2.73. The predicted molar refractivity (Wildman–Crippen MR) is 72.9 cm³/mol. The fraction of sp³-hybridized carbons (Fsp3) is 0.500. The van der Waals surface area contributed by atoms with E-state index in [1.54, 1.807) is 0 Å². The fourth-order valence-electron chi connectivity index (χ4n) is 1.59. The highest BCUT2D eigenvalue weighted by molar-refractivity contribution is 14.1. The van der Waals surface area contributed by atoms with Gasteiger partial charge in [-0.25, -0.2) is 0 Å². The summed E-state index contributed by atoms with van der Waals surface area (Å²) in [6.07, 6.45) is 1.24. The molecule has 1 aliphatic rings. The van der Waals surface area contributed by atoms with Crippen LogP contribution in [-0.2, 0) is 0 Å². The van der Waals surface area contributed by atoms with E-state index in [4.69, 9.17) is 4.74 Å². The van der Waals surface area contributed by atoms with Crippen LogP contribution in [-0.4, -0.2) is 24.6 Å². The summed E-state index contributed by atoms with van der Waals surface area (Å²) in [5.41, 5.74) is 0. The maximum Gasteiger partial charge on any atom is 0.119 e. The number of halogens is 1. The minimum absolute atomic E-state index is 0.695. The molecule has 1 fully saturated rings. The van der Waals surface area contributed by atoms with E-state index in [1.807, 2.05) is 35.3 Å². The lowest BCUT2D eigenvalue weighted by molar-refractivity contribution is 0.260. The van der Waals surface area contributed by atoms with Gasteiger partial charge in [-0.2, -0.15) is 0 Å². The van der Waals surface area contributed by atoms with E-state index in [-0.39, 0.29) is 0 Å². The topological polar surface area (TPSA) is 21.3 Å². The summed E-state index contributed by atoms with van der Waals surface area (Å²) < 4.78 is 5.65. The van der Waals surface area contributed by atoms with Gasteiger partial charge in [0.2, 0.25) is 0 Å². The Morgan fingerprint density at radius 2 is 2.07 bits per heavy atom. The van der Waals surface area contributed by atoms with Crippen LogP contribution in [0.2, 0.25) is 0 Å². The molecule has 1 unspecified atom stereocenters. The van der Waals surface area contributed by atoms with Crippen molar-refractivity contribution in [2.24, 2.45) is 5.92 Å². The number of hydrogen-bond donors (Lipinski definition) is 1. The molecule has 2 nitrogen and oxygen atoms in total. The van der Waals surface area contributed by atoms with Gasteiger partial charge in [0.05, 0.1) is 6.61 Å². The number of para-hydroxylation sites is 1. The molecular weight excluding hydrogens is 301 g/mol. The minimum Gasteiger partial charge on any atom is -0.493 e. The Morgan fingerprint density at radius 3 is 2.67 bits per heavy atom. The summed E-state index contributed by atoms with van der Waals surface area (Å²) in [6.45, 7) is 3.09. The highest BCUT2D eigenvalue weighted by atomic mass is 127. The second-order valence-electron chi connectivity index (χ2n) is 3.48. The quantitative estimate of drug-likeness (QED) is 0.683. The van der Waals surface area contributed by atoms with Crippen LogP contribution in [0.3, 0.4) is 0 Å². The summed E-state index contributed by atoms with van der Waals surface area (Å²) in [6, 6.07) is 10.0. The summed E-state index contributed by atoms with van der Waals surface area (Å²) in [7, 11) is 0. The monoisotopic (exact) mass is 319 g/mol. The van der Waals surface area contributed by atoms with E-state index in [0.29, 0.717) is 5.92 Å². The van der Waals surface area contributed by atoms with Crippen molar-refractivity contribution in [3.63, 3.8) is 0 Å². The summed E-state index contributed by atoms with van der Waals surface area (Å²) in [4.78, 5) is 1.97. The van der Waals surface area contributed by atoms with E-state index < -0.39 is 0 Å². The first-order chi connectivity index (χ1) is 7.45. The Hall–Kier alpha value is -0.290. The molecule has 1 atom stereocenters. The molecule has 1 heterocycles. The smallest absolute Gasteiger partial charge is 0.119 e. The zero-order chi connectivity index (χ0) is 10.9. The average molecular weight is 319 g/mol. The van der Waals surface area contributed by atoms with Gasteiger partial charge in [0.1, 0.15) is 5.75 Å². The van der Waals surface area contributed by atoms with E-state index >= 15 is 0 Å². The third-order valence-electron chi connectivity index (χ3n) is 2.39. The largest absolute Gasteiger partial charge is 0.493 e. The van der Waals surface area contributed by atoms with Gasteiger partial charge in [0.15, 0.2) is 0 Å². The van der Waals surface area contributed by atoms with E-state index in [0.717, 1.165) is 25.4 Å². The number of rotatable bonds is 3. The molecule has 1 aromatic carbocycles. The first-order valence-corrected chi connectivity index (χ1v) is 7.37. The molecule has 1 N–H and O–H groups in total. The van der Waals surface area contributed by atoms with Gasteiger partial charge in [-0.3, -0.25) is 0 Å². The molecule has 0 aromatic heterocycles. The molecule has 0 spiro atoms. The second-order valence-corrected chi connectivity index (χ2v) is 3.48. The molecule has 1 aliphatic heterocycles. The molecule has 3 heteroatoms. The third kappa shape index (κ3) is 4.84. The maximum absolute atomic E-state index is 5.65. The lowest BCUT2D eigenvalue weighted by Crippen LogP contribution is -2.15. The molecule has 0 radical (unpaired) electrons. The Morgan fingerprint density at radius 1 is 1.33 bits per heavy atom. The van der Waals surface area contributed by atoms with Gasteiger partial charge in [-0.05, 0) is 30.0 Å². The van der Waals surface area contributed by atoms with Gasteiger partial charge in [-0.15, -0.1) is 0 Å². The Bertz CT molecular complexity index is 247. The maximum atomic E-state index is 5.65. The lowest BCUT2D eigenvalue weighted by Gasteiger charge is -2.10. The van der Waals surface area contributed by atoms with E-state index in [2.05, 4.69) is 27.9 Å². The van der Waals surface area contributed by atoms with Crippen molar-refractivity contribution in [2.45, 2.75) is 6.42 Å². The minimum atomic E-state index is 0.695. The van der Waals surface area contributed by atoms with Crippen LogP contribution in [0.1, 0.15) is 6.42 Å². The lowest BCUT2D eigenvalue weighted by atomic mass is 10.1. The molecule has 0 bridgehead atoms. The van der Waals surface area contributed by atoms with Crippen LogP contribution in [0.4, 0.5) is 0 Å². The fourth-order valence-corrected chi connectivity index (χ4v) is 1.59. The molecule has 15 heavy (non-hydrogen) atoms. The van der Waals surface area contributed by atoms with Crippen molar-refractivity contribution in [1.29, 1.82) is 0 Å². The van der Waals surface area contributed by atoms with Gasteiger partial charge in [0, 0.05) is 12.5 Å². The highest BCUT2D eigenvalue weighted by Gasteiger charge is 2.14. The van der Waals surface area contributed by atoms with Gasteiger partial charge < -0.3 is 10.1 Å². The van der Waals surface area contributed by atoms with E-state index in [9.17, 15) is 0 Å². The van der Waals surface area contributed by atoms with Crippen LogP contribution >= 0.6 is 22.6 Å². The number of ether oxygens (including phenoxy) is 1. The normalized spacial score (nSPS) is 19.2. The molecule has 2 rings (SSSR count). The van der Waals surface area contributed by atoms with Crippen molar-refractivity contribution >= 4 is 22.6 Å². The number of hydrogen-bond acceptors (Lipinski definition) is 2. The molecule has 0 amide bonds. The Labute approximate surface area is 106 Å². The molecular formula is C12H18INO. The molecule has 1 saturated heterocycles. The second kappa shape index (κ2) is 7.93. The van der Waals surface area contributed by atoms with Gasteiger partial charge in [0.25, 0.3) is 0 Å². The zero-order valence-corrected chi connectivity index (χ0v) is 11.2. The number of benzene rings is 1. The Balaban J connectivity index is 0.000000531. The van der Waals surface area contributed by atoms with Gasteiger partial charge in [-0.1, -0.05) is 40.8 Å². The first-order valence-electron chi connectivity index (χ1n) is 5.21. The molecule has 84 valence electrons. The number of alkyl halides is 1. The molecule has 0 aliphatic carbocycles. The van der Waals surface area contributed by atoms with Crippen LogP contribution in [0, 0.1) is 5.92 Å². The SMILES string of the molecule is CI.c1ccc(OCC2CCNC2)cc1. The Kier molecular flexibility index (Phi) is 6.76. The molecule has 1 aromatic rings. The zero-order valence-electron chi connectivity index (χ0n) is 9.08. The summed E-state index contributed by atoms with van der Waals surface area (Å²) in [5.74, 6) is 1.68. The van der Waals surface area contributed by atoms with Crippen LogP contribution < -0.4 is 10.1 Å². The van der Waals surface area contributed by atoms with Crippen molar-refractivity contribution in [3.8, 4) is 5.75 Å². The van der Waals surface area contributed by atoms with E-state index in [1.165, 1.54) is 6.42 Å². The van der Waals surface area contributed by atoms with Crippen molar-refractivity contribution in [3.05, 3.63) is 30.3 Å². The van der Waals surface area contributed by atoms with Crippen molar-refractivity contribution in [1.82, 2.24) is 5.32 Å². The number of nitrogens with one attached hydrogen (secondary N) is 1. The summed E-state index contributed by atoms with van der Waals surface area (Å²) in [5, 5.41) is 3.33. The third-order valence-corrected chi connectivity index (χ3v) is 2.39.